The highest BCUT2D eigenvalue weighted by Gasteiger charge is 2.36. The Bertz CT molecular complexity index is 471. The molecule has 0 aliphatic rings. The van der Waals surface area contributed by atoms with Gasteiger partial charge in [-0.25, -0.2) is 0 Å². The highest BCUT2D eigenvalue weighted by atomic mass is 16.6. The van der Waals surface area contributed by atoms with Crippen LogP contribution >= 0.6 is 0 Å². The number of hydrogen-bond donors (Lipinski definition) is 2. The fourth-order valence-electron chi connectivity index (χ4n) is 2.80. The molecular formula is C18H31N2O7. The maximum Gasteiger partial charge on any atom is 0.242 e. The largest absolute Gasteiger partial charge is 0.386 e. The van der Waals surface area contributed by atoms with Crippen molar-refractivity contribution in [2.75, 3.05) is 0 Å². The van der Waals surface area contributed by atoms with E-state index in [4.69, 9.17) is 0 Å². The summed E-state index contributed by atoms with van der Waals surface area (Å²) in [5, 5.41) is 42.6. The summed E-state index contributed by atoms with van der Waals surface area (Å²) in [6.07, 6.45) is 6.69. The molecule has 4 atom stereocenters. The van der Waals surface area contributed by atoms with Gasteiger partial charge in [0.1, 0.15) is 12.2 Å². The lowest BCUT2D eigenvalue weighted by molar-refractivity contribution is -0.543. The molecular weight excluding hydrogens is 356 g/mol. The van der Waals surface area contributed by atoms with Crippen molar-refractivity contribution in [3.05, 3.63) is 32.4 Å². The van der Waals surface area contributed by atoms with Gasteiger partial charge in [0.2, 0.25) is 12.1 Å². The van der Waals surface area contributed by atoms with Crippen LogP contribution in [-0.2, 0) is 4.79 Å². The summed E-state index contributed by atoms with van der Waals surface area (Å²) in [5.41, 5.74) is 0. The Morgan fingerprint density at radius 1 is 0.963 bits per heavy atom. The highest BCUT2D eigenvalue weighted by molar-refractivity contribution is 5.50. The Kier molecular flexibility index (Phi) is 14.2. The van der Waals surface area contributed by atoms with Gasteiger partial charge in [-0.1, -0.05) is 31.9 Å². The number of aliphatic hydroxyl groups excluding tert-OH is 2. The number of rotatable bonds is 17. The lowest BCUT2D eigenvalue weighted by atomic mass is 9.95. The molecule has 27 heavy (non-hydrogen) atoms. The van der Waals surface area contributed by atoms with E-state index in [2.05, 4.69) is 0 Å². The molecule has 4 unspecified atom stereocenters. The molecule has 9 heteroatoms. The number of carbonyl (C=O) groups excluding carboxylic acids is 1. The van der Waals surface area contributed by atoms with Gasteiger partial charge in [0.05, 0.1) is 0 Å². The Morgan fingerprint density at radius 3 is 2.15 bits per heavy atom. The third kappa shape index (κ3) is 11.4. The molecule has 0 saturated heterocycles. The third-order valence-electron chi connectivity index (χ3n) is 4.46. The van der Waals surface area contributed by atoms with Crippen molar-refractivity contribution in [3.8, 4) is 0 Å². The van der Waals surface area contributed by atoms with Crippen LogP contribution in [0.1, 0.15) is 71.1 Å². The minimum Gasteiger partial charge on any atom is -0.386 e. The molecule has 1 radical (unpaired) electrons. The monoisotopic (exact) mass is 387 g/mol. The lowest BCUT2D eigenvalue weighted by Gasteiger charge is -2.20. The van der Waals surface area contributed by atoms with Gasteiger partial charge < -0.3 is 10.2 Å². The zero-order chi connectivity index (χ0) is 20.7. The molecule has 0 rings (SSSR count). The van der Waals surface area contributed by atoms with Crippen molar-refractivity contribution < 1.29 is 24.9 Å². The Labute approximate surface area is 159 Å². The van der Waals surface area contributed by atoms with E-state index < -0.39 is 40.6 Å². The van der Waals surface area contributed by atoms with Gasteiger partial charge in [0.25, 0.3) is 0 Å². The Hall–Kier alpha value is -1.87. The van der Waals surface area contributed by atoms with Crippen LogP contribution in [0.25, 0.3) is 0 Å². The summed E-state index contributed by atoms with van der Waals surface area (Å²) in [6.45, 7) is 1.96. The first-order valence-corrected chi connectivity index (χ1v) is 9.48. The number of aliphatic hydroxyl groups is 2. The molecule has 0 amide bonds. The number of nitro groups is 2. The summed E-state index contributed by atoms with van der Waals surface area (Å²) in [6, 6.07) is -2.56. The van der Waals surface area contributed by atoms with E-state index in [-0.39, 0.29) is 12.8 Å². The smallest absolute Gasteiger partial charge is 0.242 e. The molecule has 0 heterocycles. The molecule has 0 aromatic carbocycles. The topological polar surface area (TPSA) is 144 Å². The van der Waals surface area contributed by atoms with Gasteiger partial charge in [-0.3, -0.25) is 25.0 Å². The second-order valence-corrected chi connectivity index (χ2v) is 6.67. The molecule has 0 saturated carbocycles. The van der Waals surface area contributed by atoms with Gasteiger partial charge in [0.15, 0.2) is 6.29 Å². The van der Waals surface area contributed by atoms with E-state index in [1.807, 2.05) is 6.92 Å². The van der Waals surface area contributed by atoms with Gasteiger partial charge in [-0.15, -0.1) is 0 Å². The molecule has 0 aromatic rings. The van der Waals surface area contributed by atoms with Crippen molar-refractivity contribution in [2.24, 2.45) is 0 Å². The van der Waals surface area contributed by atoms with E-state index >= 15 is 0 Å². The van der Waals surface area contributed by atoms with Crippen LogP contribution in [0, 0.1) is 20.2 Å². The summed E-state index contributed by atoms with van der Waals surface area (Å²) in [4.78, 5) is 31.2. The van der Waals surface area contributed by atoms with Crippen LogP contribution in [0.5, 0.6) is 0 Å². The van der Waals surface area contributed by atoms with Gasteiger partial charge in [-0.05, 0) is 25.7 Å². The van der Waals surface area contributed by atoms with Gasteiger partial charge in [0, 0.05) is 35.5 Å². The van der Waals surface area contributed by atoms with Crippen molar-refractivity contribution in [2.45, 2.75) is 95.4 Å². The normalized spacial score (nSPS) is 16.0. The zero-order valence-corrected chi connectivity index (χ0v) is 15.9. The molecule has 155 valence electrons. The molecule has 0 bridgehead atoms. The molecule has 2 N–H and O–H groups in total. The van der Waals surface area contributed by atoms with E-state index in [1.54, 1.807) is 18.4 Å². The maximum atomic E-state index is 11.2. The second-order valence-electron chi connectivity index (χ2n) is 6.67. The molecule has 0 spiro atoms. The number of hydrogen-bond acceptors (Lipinski definition) is 7. The van der Waals surface area contributed by atoms with Gasteiger partial charge in [-0.2, -0.15) is 0 Å². The predicted octanol–water partition coefficient (Wildman–Crippen LogP) is 2.59. The van der Waals surface area contributed by atoms with E-state index in [1.165, 1.54) is 0 Å². The summed E-state index contributed by atoms with van der Waals surface area (Å²) in [7, 11) is 0. The average molecular weight is 387 g/mol. The quantitative estimate of drug-likeness (QED) is 0.169. The van der Waals surface area contributed by atoms with Crippen LogP contribution < -0.4 is 0 Å². The minimum atomic E-state index is -1.47. The first-order valence-electron chi connectivity index (χ1n) is 9.48. The highest BCUT2D eigenvalue weighted by Crippen LogP contribution is 2.17. The summed E-state index contributed by atoms with van der Waals surface area (Å²) < 4.78 is 0. The fourth-order valence-corrected chi connectivity index (χ4v) is 2.80. The first-order chi connectivity index (χ1) is 12.8. The van der Waals surface area contributed by atoms with Crippen LogP contribution in [0.15, 0.2) is 12.2 Å². The SMILES string of the molecule is CCCCCC(C(O)CC(O)C(C/C=C/CCCC[C]=O)[N+](=O)[O-])[N+](=O)[O-]. The summed E-state index contributed by atoms with van der Waals surface area (Å²) in [5.74, 6) is 0. The fraction of sp³-hybridized carbons (Fsp3) is 0.833. The van der Waals surface area contributed by atoms with E-state index in [9.17, 15) is 35.2 Å². The van der Waals surface area contributed by atoms with Crippen molar-refractivity contribution >= 4 is 6.29 Å². The number of unbranched alkanes of at least 4 members (excludes halogenated alkanes) is 5. The Morgan fingerprint density at radius 2 is 1.59 bits per heavy atom. The molecule has 0 aliphatic heterocycles. The van der Waals surface area contributed by atoms with Gasteiger partial charge >= 0.3 is 0 Å². The maximum absolute atomic E-state index is 11.2. The van der Waals surface area contributed by atoms with Crippen LogP contribution in [0.2, 0.25) is 0 Å². The standard InChI is InChI=1S/C18H31N2O7/c1-2-3-8-11-15(19(24)25)17(22)14-18(23)16(20(26)27)12-9-6-4-5-7-10-13-21/h6,9,15-18,22-23H,2-5,7-8,10-12,14H2,1H3/b9-6+. The van der Waals surface area contributed by atoms with Crippen LogP contribution in [0.4, 0.5) is 0 Å². The Balaban J connectivity index is 4.59. The molecule has 0 aliphatic carbocycles. The molecule has 9 nitrogen and oxygen atoms in total. The van der Waals surface area contributed by atoms with Crippen molar-refractivity contribution in [1.82, 2.24) is 0 Å². The molecule has 0 fully saturated rings. The third-order valence-corrected chi connectivity index (χ3v) is 4.46. The minimum absolute atomic E-state index is 0.0281. The average Bonchev–Trinajstić information content (AvgIpc) is 2.60. The van der Waals surface area contributed by atoms with E-state index in [0.717, 1.165) is 19.3 Å². The van der Waals surface area contributed by atoms with Crippen LogP contribution in [0.3, 0.4) is 0 Å². The number of nitrogens with zero attached hydrogens (tertiary/aromatic N) is 2. The zero-order valence-electron chi connectivity index (χ0n) is 15.9. The van der Waals surface area contributed by atoms with E-state index in [0.29, 0.717) is 25.7 Å². The van der Waals surface area contributed by atoms with Crippen LogP contribution in [-0.4, -0.2) is 50.6 Å². The predicted molar refractivity (Wildman–Crippen MR) is 100 cm³/mol. The van der Waals surface area contributed by atoms with Crippen molar-refractivity contribution in [1.29, 1.82) is 0 Å². The second kappa shape index (κ2) is 15.2. The lowest BCUT2D eigenvalue weighted by Crippen LogP contribution is -2.41. The summed E-state index contributed by atoms with van der Waals surface area (Å²) >= 11 is 0. The number of allylic oxidation sites excluding steroid dienone is 1. The van der Waals surface area contributed by atoms with Crippen molar-refractivity contribution in [3.63, 3.8) is 0 Å². The first kappa shape index (κ1) is 25.1. The molecule has 0 aromatic heterocycles.